The molecule has 0 aliphatic rings. The second-order valence-electron chi connectivity index (χ2n) is 6.68. The molecule has 0 aliphatic carbocycles. The second-order valence-corrected chi connectivity index (χ2v) is 6.68. The van der Waals surface area contributed by atoms with Gasteiger partial charge in [0, 0.05) is 6.54 Å². The van der Waals surface area contributed by atoms with E-state index in [1.165, 1.54) is 4.90 Å². The van der Waals surface area contributed by atoms with Gasteiger partial charge < -0.3 is 14.6 Å². The van der Waals surface area contributed by atoms with Crippen LogP contribution in [0.2, 0.25) is 0 Å². The molecule has 3 aromatic rings. The molecule has 2 aromatic carbocycles. The lowest BCUT2D eigenvalue weighted by molar-refractivity contribution is -0.175. The molecule has 0 unspecified atom stereocenters. The first-order chi connectivity index (χ1) is 14.3. The highest BCUT2D eigenvalue weighted by atomic mass is 19.4. The van der Waals surface area contributed by atoms with E-state index in [-0.39, 0.29) is 31.7 Å². The number of hydrogen-bond donors (Lipinski definition) is 1. The van der Waals surface area contributed by atoms with Crippen LogP contribution >= 0.6 is 0 Å². The van der Waals surface area contributed by atoms with Crippen molar-refractivity contribution in [2.75, 3.05) is 13.2 Å². The van der Waals surface area contributed by atoms with Crippen molar-refractivity contribution in [3.05, 3.63) is 76.3 Å². The number of alkyl halides is 3. The number of nitrogens with one attached hydrogen (secondary N) is 1. The molecule has 9 heteroatoms. The van der Waals surface area contributed by atoms with Crippen LogP contribution in [0.4, 0.5) is 13.2 Å². The highest BCUT2D eigenvalue weighted by Crippen LogP contribution is 2.15. The third-order valence-corrected chi connectivity index (χ3v) is 4.30. The van der Waals surface area contributed by atoms with E-state index in [2.05, 4.69) is 14.7 Å². The van der Waals surface area contributed by atoms with E-state index in [1.807, 2.05) is 30.3 Å². The standard InChI is InChI=1S/C21H20F3N3O3/c22-21(23,24)14-30-11-10-19(28)27(12-15-6-2-1-3-7-15)13-18-25-17-9-5-4-8-16(17)20(29)26-18/h1-9H,10-14H2,(H,25,26,29). The van der Waals surface area contributed by atoms with E-state index in [9.17, 15) is 22.8 Å². The maximum Gasteiger partial charge on any atom is 0.411 e. The van der Waals surface area contributed by atoms with Crippen molar-refractivity contribution in [3.63, 3.8) is 0 Å². The Morgan fingerprint density at radius 3 is 2.47 bits per heavy atom. The third-order valence-electron chi connectivity index (χ3n) is 4.30. The van der Waals surface area contributed by atoms with Crippen LogP contribution in [-0.2, 0) is 22.6 Å². The molecule has 1 heterocycles. The number of para-hydroxylation sites is 1. The number of rotatable bonds is 8. The molecule has 0 atom stereocenters. The van der Waals surface area contributed by atoms with Crippen molar-refractivity contribution < 1.29 is 22.7 Å². The summed E-state index contributed by atoms with van der Waals surface area (Å²) < 4.78 is 41.2. The number of aromatic amines is 1. The number of nitrogens with zero attached hydrogens (tertiary/aromatic N) is 2. The third kappa shape index (κ3) is 6.15. The number of carbonyl (C=O) groups excluding carboxylic acids is 1. The predicted molar refractivity (Wildman–Crippen MR) is 105 cm³/mol. The topological polar surface area (TPSA) is 75.3 Å². The van der Waals surface area contributed by atoms with Crippen LogP contribution in [0.5, 0.6) is 0 Å². The van der Waals surface area contributed by atoms with E-state index in [0.717, 1.165) is 5.56 Å². The van der Waals surface area contributed by atoms with Gasteiger partial charge in [-0.3, -0.25) is 9.59 Å². The summed E-state index contributed by atoms with van der Waals surface area (Å²) in [4.78, 5) is 33.5. The van der Waals surface area contributed by atoms with Gasteiger partial charge in [0.25, 0.3) is 5.56 Å². The average molecular weight is 419 g/mol. The van der Waals surface area contributed by atoms with Crippen molar-refractivity contribution in [3.8, 4) is 0 Å². The minimum Gasteiger partial charge on any atom is -0.372 e. The second kappa shape index (κ2) is 9.53. The molecule has 3 rings (SSSR count). The number of aromatic nitrogens is 2. The van der Waals surface area contributed by atoms with Crippen LogP contribution in [0.25, 0.3) is 10.9 Å². The number of H-pyrrole nitrogens is 1. The van der Waals surface area contributed by atoms with Gasteiger partial charge in [-0.2, -0.15) is 13.2 Å². The first-order valence-electron chi connectivity index (χ1n) is 9.26. The quantitative estimate of drug-likeness (QED) is 0.568. The molecule has 0 fully saturated rings. The van der Waals surface area contributed by atoms with Gasteiger partial charge in [-0.25, -0.2) is 4.98 Å². The molecule has 30 heavy (non-hydrogen) atoms. The Bertz CT molecular complexity index is 1050. The summed E-state index contributed by atoms with van der Waals surface area (Å²) in [6.45, 7) is -1.54. The number of fused-ring (bicyclic) bond motifs is 1. The monoisotopic (exact) mass is 419 g/mol. The number of halogens is 3. The van der Waals surface area contributed by atoms with Crippen molar-refractivity contribution in [2.24, 2.45) is 0 Å². The Labute approximate surface area is 170 Å². The van der Waals surface area contributed by atoms with Gasteiger partial charge in [0.15, 0.2) is 0 Å². The molecule has 0 saturated carbocycles. The zero-order chi connectivity index (χ0) is 21.6. The summed E-state index contributed by atoms with van der Waals surface area (Å²) in [6, 6.07) is 16.0. The lowest BCUT2D eigenvalue weighted by Gasteiger charge is -2.22. The smallest absolute Gasteiger partial charge is 0.372 e. The van der Waals surface area contributed by atoms with Crippen molar-refractivity contribution >= 4 is 16.8 Å². The molecule has 0 radical (unpaired) electrons. The fourth-order valence-electron chi connectivity index (χ4n) is 2.93. The summed E-state index contributed by atoms with van der Waals surface area (Å²) in [5, 5.41) is 0.433. The molecule has 0 saturated heterocycles. The highest BCUT2D eigenvalue weighted by Gasteiger charge is 2.27. The highest BCUT2D eigenvalue weighted by molar-refractivity contribution is 5.78. The Kier molecular flexibility index (Phi) is 6.83. The number of amides is 1. The number of benzene rings is 2. The Morgan fingerprint density at radius 2 is 1.73 bits per heavy atom. The zero-order valence-corrected chi connectivity index (χ0v) is 16.0. The maximum atomic E-state index is 12.7. The van der Waals surface area contributed by atoms with Crippen molar-refractivity contribution in [2.45, 2.75) is 25.7 Å². The molecule has 1 N–H and O–H groups in total. The number of hydrogen-bond acceptors (Lipinski definition) is 4. The van der Waals surface area contributed by atoms with Crippen LogP contribution in [0.15, 0.2) is 59.4 Å². The van der Waals surface area contributed by atoms with Crippen LogP contribution in [0, 0.1) is 0 Å². The summed E-state index contributed by atoms with van der Waals surface area (Å²) in [5.41, 5.74) is 1.01. The Balaban J connectivity index is 1.75. The number of carbonyl (C=O) groups is 1. The molecule has 0 spiro atoms. The van der Waals surface area contributed by atoms with E-state index < -0.39 is 18.7 Å². The molecule has 0 bridgehead atoms. The Hall–Kier alpha value is -3.20. The predicted octanol–water partition coefficient (Wildman–Crippen LogP) is 3.42. The zero-order valence-electron chi connectivity index (χ0n) is 16.0. The minimum atomic E-state index is -4.44. The van der Waals surface area contributed by atoms with Gasteiger partial charge in [0.05, 0.1) is 30.5 Å². The van der Waals surface area contributed by atoms with E-state index in [1.54, 1.807) is 24.3 Å². The van der Waals surface area contributed by atoms with Gasteiger partial charge in [-0.1, -0.05) is 42.5 Å². The largest absolute Gasteiger partial charge is 0.411 e. The Morgan fingerprint density at radius 1 is 1.03 bits per heavy atom. The SMILES string of the molecule is O=C(CCOCC(F)(F)F)N(Cc1ccccc1)Cc1nc2ccccc2c(=O)[nH]1. The first-order valence-corrected chi connectivity index (χ1v) is 9.26. The molecule has 6 nitrogen and oxygen atoms in total. The maximum absolute atomic E-state index is 12.7. The van der Waals surface area contributed by atoms with Crippen LogP contribution in [0.3, 0.4) is 0 Å². The average Bonchev–Trinajstić information content (AvgIpc) is 2.71. The van der Waals surface area contributed by atoms with Crippen molar-refractivity contribution in [1.29, 1.82) is 0 Å². The molecular weight excluding hydrogens is 399 g/mol. The van der Waals surface area contributed by atoms with Crippen LogP contribution < -0.4 is 5.56 Å². The fraction of sp³-hybridized carbons (Fsp3) is 0.286. The lowest BCUT2D eigenvalue weighted by Crippen LogP contribution is -2.32. The molecule has 0 aliphatic heterocycles. The molecular formula is C21H20F3N3O3. The normalized spacial score (nSPS) is 11.6. The summed E-state index contributed by atoms with van der Waals surface area (Å²) in [7, 11) is 0. The van der Waals surface area contributed by atoms with E-state index in [0.29, 0.717) is 16.7 Å². The van der Waals surface area contributed by atoms with Gasteiger partial charge in [-0.05, 0) is 17.7 Å². The van der Waals surface area contributed by atoms with Gasteiger partial charge in [-0.15, -0.1) is 0 Å². The summed E-state index contributed by atoms with van der Waals surface area (Å²) in [5.74, 6) is -0.115. The van der Waals surface area contributed by atoms with Gasteiger partial charge in [0.1, 0.15) is 12.4 Å². The van der Waals surface area contributed by atoms with E-state index >= 15 is 0 Å². The number of ether oxygens (including phenoxy) is 1. The van der Waals surface area contributed by atoms with Crippen molar-refractivity contribution in [1.82, 2.24) is 14.9 Å². The van der Waals surface area contributed by atoms with Gasteiger partial charge in [0.2, 0.25) is 5.91 Å². The van der Waals surface area contributed by atoms with Gasteiger partial charge >= 0.3 is 6.18 Å². The lowest BCUT2D eigenvalue weighted by atomic mass is 10.2. The fourth-order valence-corrected chi connectivity index (χ4v) is 2.93. The molecule has 1 amide bonds. The minimum absolute atomic E-state index is 0.00702. The molecule has 158 valence electrons. The van der Waals surface area contributed by atoms with E-state index in [4.69, 9.17) is 0 Å². The van der Waals surface area contributed by atoms with Crippen LogP contribution in [-0.4, -0.2) is 40.2 Å². The summed E-state index contributed by atoms with van der Waals surface area (Å²) >= 11 is 0. The first kappa shape index (κ1) is 21.5. The molecule has 1 aromatic heterocycles. The van der Waals surface area contributed by atoms with Crippen LogP contribution in [0.1, 0.15) is 17.8 Å². The summed E-state index contributed by atoms with van der Waals surface area (Å²) in [6.07, 6.45) is -4.66.